The lowest BCUT2D eigenvalue weighted by Crippen LogP contribution is -2.17. The predicted octanol–water partition coefficient (Wildman–Crippen LogP) is 2.72. The van der Waals surface area contributed by atoms with E-state index in [-0.39, 0.29) is 16.1 Å². The number of aromatic nitrogens is 1. The molecule has 0 spiro atoms. The van der Waals surface area contributed by atoms with Gasteiger partial charge in [0.05, 0.1) is 15.5 Å². The quantitative estimate of drug-likeness (QED) is 0.689. The van der Waals surface area contributed by atoms with Crippen LogP contribution < -0.4 is 4.72 Å². The topological polar surface area (TPSA) is 102 Å². The van der Waals surface area contributed by atoms with Crippen LogP contribution in [0.25, 0.3) is 0 Å². The first-order valence-electron chi connectivity index (χ1n) is 6.42. The molecule has 0 bridgehead atoms. The monoisotopic (exact) mass is 321 g/mol. The fraction of sp³-hybridized carbons (Fsp3) is 0.214. The van der Waals surface area contributed by atoms with Crippen LogP contribution >= 0.6 is 0 Å². The van der Waals surface area contributed by atoms with Crippen LogP contribution in [0.4, 0.5) is 11.4 Å². The molecular formula is C14H15N3O4S. The van der Waals surface area contributed by atoms with E-state index in [9.17, 15) is 18.5 Å². The van der Waals surface area contributed by atoms with Gasteiger partial charge in [-0.25, -0.2) is 8.42 Å². The highest BCUT2D eigenvalue weighted by molar-refractivity contribution is 7.92. The number of nitro groups is 1. The summed E-state index contributed by atoms with van der Waals surface area (Å²) >= 11 is 0. The molecule has 1 N–H and O–H groups in total. The van der Waals surface area contributed by atoms with Gasteiger partial charge in [0.2, 0.25) is 0 Å². The minimum absolute atomic E-state index is 0.0714. The Bertz CT molecular complexity index is 847. The number of hydrogen-bond acceptors (Lipinski definition) is 5. The first kappa shape index (κ1) is 15.9. The smallest absolute Gasteiger partial charge is 0.273 e. The molecule has 0 aliphatic carbocycles. The fourth-order valence-corrected chi connectivity index (χ4v) is 3.83. The third-order valence-corrected chi connectivity index (χ3v) is 4.96. The minimum Gasteiger partial charge on any atom is -0.279 e. The molecule has 1 aromatic heterocycles. The Kier molecular flexibility index (Phi) is 4.14. The zero-order valence-corrected chi connectivity index (χ0v) is 13.1. The molecule has 0 atom stereocenters. The highest BCUT2D eigenvalue weighted by atomic mass is 32.2. The van der Waals surface area contributed by atoms with Gasteiger partial charge in [-0.05, 0) is 38.0 Å². The summed E-state index contributed by atoms with van der Waals surface area (Å²) in [6.45, 7) is 4.75. The van der Waals surface area contributed by atoms with E-state index in [0.717, 1.165) is 0 Å². The number of nitrogens with one attached hydrogen (secondary N) is 1. The molecule has 0 aliphatic rings. The molecule has 0 saturated heterocycles. The summed E-state index contributed by atoms with van der Waals surface area (Å²) in [6, 6.07) is 4.27. The minimum atomic E-state index is -3.94. The number of nitrogens with zero attached hydrogens (tertiary/aromatic N) is 2. The van der Waals surface area contributed by atoms with E-state index in [2.05, 4.69) is 9.71 Å². The molecule has 0 unspecified atom stereocenters. The van der Waals surface area contributed by atoms with Gasteiger partial charge in [-0.15, -0.1) is 0 Å². The van der Waals surface area contributed by atoms with Crippen LogP contribution in [0.5, 0.6) is 0 Å². The van der Waals surface area contributed by atoms with E-state index < -0.39 is 14.9 Å². The Morgan fingerprint density at radius 2 is 1.82 bits per heavy atom. The number of hydrogen-bond donors (Lipinski definition) is 1. The molecule has 7 nitrogen and oxygen atoms in total. The van der Waals surface area contributed by atoms with Gasteiger partial charge in [0.1, 0.15) is 0 Å². The van der Waals surface area contributed by atoms with Crippen LogP contribution in [0.15, 0.2) is 35.5 Å². The van der Waals surface area contributed by atoms with E-state index in [1.807, 2.05) is 0 Å². The highest BCUT2D eigenvalue weighted by Crippen LogP contribution is 2.29. The van der Waals surface area contributed by atoms with E-state index in [0.29, 0.717) is 16.8 Å². The third-order valence-electron chi connectivity index (χ3n) is 3.30. The van der Waals surface area contributed by atoms with Crippen molar-refractivity contribution < 1.29 is 13.3 Å². The fourth-order valence-electron chi connectivity index (χ4n) is 2.21. The molecule has 8 heteroatoms. The normalized spacial score (nSPS) is 11.2. The zero-order valence-electron chi connectivity index (χ0n) is 12.3. The van der Waals surface area contributed by atoms with Gasteiger partial charge in [-0.2, -0.15) is 0 Å². The Balaban J connectivity index is 2.57. The van der Waals surface area contributed by atoms with Crippen LogP contribution in [-0.2, 0) is 10.0 Å². The summed E-state index contributed by atoms with van der Waals surface area (Å²) in [6.07, 6.45) is 3.00. The van der Waals surface area contributed by atoms with Crippen LogP contribution in [0.1, 0.15) is 16.7 Å². The van der Waals surface area contributed by atoms with Crippen molar-refractivity contribution in [2.75, 3.05) is 4.72 Å². The van der Waals surface area contributed by atoms with Gasteiger partial charge in [0, 0.05) is 24.0 Å². The van der Waals surface area contributed by atoms with Crippen molar-refractivity contribution in [3.8, 4) is 0 Å². The second-order valence-corrected chi connectivity index (χ2v) is 6.53. The van der Waals surface area contributed by atoms with E-state index in [1.165, 1.54) is 37.5 Å². The molecule has 2 rings (SSSR count). The summed E-state index contributed by atoms with van der Waals surface area (Å²) in [5.41, 5.74) is 1.39. The summed E-state index contributed by atoms with van der Waals surface area (Å²) < 4.78 is 27.7. The number of aryl methyl sites for hydroxylation is 2. The standard InChI is InChI=1S/C14H15N3O4S/c1-9-4-5-13(17(18)19)11(3)14(9)22(20,21)16-12-6-7-15-8-10(12)2/h4-8H,1-3H3,(H,15,16). The summed E-state index contributed by atoms with van der Waals surface area (Å²) in [4.78, 5) is 14.2. The summed E-state index contributed by atoms with van der Waals surface area (Å²) in [5.74, 6) is 0. The molecular weight excluding hydrogens is 306 g/mol. The lowest BCUT2D eigenvalue weighted by atomic mass is 10.1. The van der Waals surface area contributed by atoms with Crippen molar-refractivity contribution in [1.82, 2.24) is 4.98 Å². The predicted molar refractivity (Wildman–Crippen MR) is 82.4 cm³/mol. The summed E-state index contributed by atoms with van der Waals surface area (Å²) in [5, 5.41) is 11.0. The number of pyridine rings is 1. The van der Waals surface area contributed by atoms with Crippen LogP contribution in [-0.4, -0.2) is 18.3 Å². The molecule has 0 aliphatic heterocycles. The second-order valence-electron chi connectivity index (χ2n) is 4.91. The Hall–Kier alpha value is -2.48. The third kappa shape index (κ3) is 2.91. The first-order valence-corrected chi connectivity index (χ1v) is 7.90. The first-order chi connectivity index (χ1) is 10.2. The zero-order chi connectivity index (χ0) is 16.5. The van der Waals surface area contributed by atoms with Crippen molar-refractivity contribution in [2.45, 2.75) is 25.7 Å². The lowest BCUT2D eigenvalue weighted by Gasteiger charge is -2.14. The second kappa shape index (κ2) is 5.72. The van der Waals surface area contributed by atoms with E-state index >= 15 is 0 Å². The van der Waals surface area contributed by atoms with Crippen molar-refractivity contribution in [2.24, 2.45) is 0 Å². The van der Waals surface area contributed by atoms with Crippen molar-refractivity contribution in [3.05, 3.63) is 57.4 Å². The van der Waals surface area contributed by atoms with Crippen molar-refractivity contribution in [1.29, 1.82) is 0 Å². The van der Waals surface area contributed by atoms with Crippen molar-refractivity contribution in [3.63, 3.8) is 0 Å². The Morgan fingerprint density at radius 1 is 1.14 bits per heavy atom. The molecule has 0 saturated carbocycles. The molecule has 2 aromatic rings. The number of benzene rings is 1. The Labute approximate surface area is 128 Å². The van der Waals surface area contributed by atoms with Gasteiger partial charge in [-0.3, -0.25) is 19.8 Å². The van der Waals surface area contributed by atoms with Gasteiger partial charge in [0.25, 0.3) is 15.7 Å². The van der Waals surface area contributed by atoms with Gasteiger partial charge in [-0.1, -0.05) is 6.07 Å². The summed E-state index contributed by atoms with van der Waals surface area (Å²) in [7, 11) is -3.94. The lowest BCUT2D eigenvalue weighted by molar-refractivity contribution is -0.385. The molecule has 0 fully saturated rings. The molecule has 1 aromatic carbocycles. The van der Waals surface area contributed by atoms with Gasteiger partial charge in [0.15, 0.2) is 0 Å². The highest BCUT2D eigenvalue weighted by Gasteiger charge is 2.25. The van der Waals surface area contributed by atoms with Gasteiger partial charge >= 0.3 is 0 Å². The van der Waals surface area contributed by atoms with Crippen molar-refractivity contribution >= 4 is 21.4 Å². The Morgan fingerprint density at radius 3 is 2.41 bits per heavy atom. The molecule has 22 heavy (non-hydrogen) atoms. The van der Waals surface area contributed by atoms with E-state index in [4.69, 9.17) is 0 Å². The number of sulfonamides is 1. The molecule has 1 heterocycles. The number of anilines is 1. The van der Waals surface area contributed by atoms with Gasteiger partial charge < -0.3 is 0 Å². The largest absolute Gasteiger partial charge is 0.279 e. The maximum absolute atomic E-state index is 12.6. The van der Waals surface area contributed by atoms with E-state index in [1.54, 1.807) is 13.8 Å². The van der Waals surface area contributed by atoms with Crippen LogP contribution in [0.3, 0.4) is 0 Å². The average Bonchev–Trinajstić information content (AvgIpc) is 2.40. The number of nitro benzene ring substituents is 1. The SMILES string of the molecule is Cc1cnccc1NS(=O)(=O)c1c(C)ccc([N+](=O)[O-])c1C. The molecule has 0 radical (unpaired) electrons. The van der Waals surface area contributed by atoms with Crippen LogP contribution in [0.2, 0.25) is 0 Å². The molecule has 0 amide bonds. The maximum atomic E-state index is 12.6. The number of rotatable bonds is 4. The maximum Gasteiger partial charge on any atom is 0.273 e. The molecule has 116 valence electrons. The van der Waals surface area contributed by atoms with Crippen LogP contribution in [0, 0.1) is 30.9 Å². The average molecular weight is 321 g/mol.